The Hall–Kier alpha value is -1.48. The van der Waals surface area contributed by atoms with E-state index in [1.165, 1.54) is 0 Å². The molecule has 4 heteroatoms. The highest BCUT2D eigenvalue weighted by atomic mass is 35.5. The molecule has 1 heterocycles. The van der Waals surface area contributed by atoms with Crippen molar-refractivity contribution in [2.45, 2.75) is 32.7 Å². The number of alkyl halides is 1. The van der Waals surface area contributed by atoms with Gasteiger partial charge in [-0.05, 0) is 36.6 Å². The van der Waals surface area contributed by atoms with E-state index in [0.717, 1.165) is 35.6 Å². The van der Waals surface area contributed by atoms with Crippen molar-refractivity contribution >= 4 is 11.6 Å². The highest BCUT2D eigenvalue weighted by Gasteiger charge is 2.03. The maximum Gasteiger partial charge on any atom is 0.165 e. The Balaban J connectivity index is 2.10. The summed E-state index contributed by atoms with van der Waals surface area (Å²) in [6, 6.07) is 5.92. The highest BCUT2D eigenvalue weighted by Crippen LogP contribution is 2.24. The molecule has 0 aliphatic heterocycles. The van der Waals surface area contributed by atoms with Crippen molar-refractivity contribution in [1.29, 1.82) is 0 Å². The smallest absolute Gasteiger partial charge is 0.165 e. The monoisotopic (exact) mass is 264 g/mol. The van der Waals surface area contributed by atoms with Crippen molar-refractivity contribution in [2.24, 2.45) is 0 Å². The van der Waals surface area contributed by atoms with Crippen LogP contribution in [0.5, 0.6) is 11.5 Å². The van der Waals surface area contributed by atoms with Gasteiger partial charge in [0, 0.05) is 12.4 Å². The number of aromatic nitrogens is 2. The van der Waals surface area contributed by atoms with Crippen molar-refractivity contribution in [3.05, 3.63) is 41.7 Å². The predicted octanol–water partition coefficient (Wildman–Crippen LogP) is 4.13. The molecule has 0 bridgehead atoms. The number of rotatable bonds is 5. The minimum absolute atomic E-state index is 0.528. The first-order chi connectivity index (χ1) is 8.72. The summed E-state index contributed by atoms with van der Waals surface area (Å²) in [5.74, 6) is 2.11. The Morgan fingerprint density at radius 3 is 2.83 bits per heavy atom. The zero-order valence-electron chi connectivity index (χ0n) is 10.7. The third-order valence-electron chi connectivity index (χ3n) is 2.76. The van der Waals surface area contributed by atoms with Crippen LogP contribution in [0, 0.1) is 6.92 Å². The molecular formula is C14H17ClN2O. The van der Waals surface area contributed by atoms with Crippen LogP contribution in [0.4, 0.5) is 0 Å². The van der Waals surface area contributed by atoms with Crippen LogP contribution in [-0.4, -0.2) is 9.78 Å². The zero-order valence-corrected chi connectivity index (χ0v) is 11.4. The summed E-state index contributed by atoms with van der Waals surface area (Å²) in [5.41, 5.74) is 2.27. The van der Waals surface area contributed by atoms with E-state index in [9.17, 15) is 0 Å². The largest absolute Gasteiger partial charge is 0.454 e. The molecule has 0 fully saturated rings. The van der Waals surface area contributed by atoms with Gasteiger partial charge in [0.2, 0.25) is 0 Å². The van der Waals surface area contributed by atoms with Gasteiger partial charge in [-0.1, -0.05) is 13.0 Å². The van der Waals surface area contributed by atoms with Crippen LogP contribution in [-0.2, 0) is 12.4 Å². The number of nitrogens with zero attached hydrogens (tertiary/aromatic N) is 2. The molecule has 1 aromatic heterocycles. The Labute approximate surface area is 112 Å². The molecular weight excluding hydrogens is 248 g/mol. The van der Waals surface area contributed by atoms with Crippen LogP contribution >= 0.6 is 11.6 Å². The van der Waals surface area contributed by atoms with Gasteiger partial charge in [-0.25, -0.2) is 0 Å². The minimum Gasteiger partial charge on any atom is -0.454 e. The summed E-state index contributed by atoms with van der Waals surface area (Å²) in [7, 11) is 0. The SMILES string of the molecule is CCCn1cc(Oc2ccc(CCl)c(C)c2)cn1. The molecule has 96 valence electrons. The van der Waals surface area contributed by atoms with E-state index in [1.54, 1.807) is 6.20 Å². The van der Waals surface area contributed by atoms with Gasteiger partial charge in [-0.15, -0.1) is 11.6 Å². The van der Waals surface area contributed by atoms with Crippen molar-refractivity contribution in [3.8, 4) is 11.5 Å². The van der Waals surface area contributed by atoms with Gasteiger partial charge in [0.15, 0.2) is 5.75 Å². The fourth-order valence-corrected chi connectivity index (χ4v) is 2.07. The second kappa shape index (κ2) is 5.91. The van der Waals surface area contributed by atoms with Crippen molar-refractivity contribution in [2.75, 3.05) is 0 Å². The fourth-order valence-electron chi connectivity index (χ4n) is 1.77. The normalized spacial score (nSPS) is 10.6. The lowest BCUT2D eigenvalue weighted by atomic mass is 10.1. The Bertz CT molecular complexity index is 522. The maximum absolute atomic E-state index is 5.83. The second-order valence-corrected chi connectivity index (χ2v) is 4.53. The summed E-state index contributed by atoms with van der Waals surface area (Å²) in [6.07, 6.45) is 4.71. The van der Waals surface area contributed by atoms with Gasteiger partial charge >= 0.3 is 0 Å². The molecule has 0 aliphatic rings. The highest BCUT2D eigenvalue weighted by molar-refractivity contribution is 6.17. The summed E-state index contributed by atoms with van der Waals surface area (Å²) in [6.45, 7) is 5.06. The number of halogens is 1. The van der Waals surface area contributed by atoms with Gasteiger partial charge < -0.3 is 4.74 Å². The van der Waals surface area contributed by atoms with Gasteiger partial charge in [0.05, 0.1) is 12.4 Å². The molecule has 3 nitrogen and oxygen atoms in total. The lowest BCUT2D eigenvalue weighted by molar-refractivity contribution is 0.480. The van der Waals surface area contributed by atoms with Gasteiger partial charge in [-0.2, -0.15) is 5.10 Å². The number of benzene rings is 1. The lowest BCUT2D eigenvalue weighted by Crippen LogP contribution is -1.95. The van der Waals surface area contributed by atoms with Gasteiger partial charge in [0.25, 0.3) is 0 Å². The fraction of sp³-hybridized carbons (Fsp3) is 0.357. The van der Waals surface area contributed by atoms with E-state index >= 15 is 0 Å². The average molecular weight is 265 g/mol. The number of hydrogen-bond donors (Lipinski definition) is 0. The zero-order chi connectivity index (χ0) is 13.0. The van der Waals surface area contributed by atoms with Crippen LogP contribution in [0.15, 0.2) is 30.6 Å². The molecule has 0 spiro atoms. The molecule has 1 aromatic carbocycles. The Morgan fingerprint density at radius 1 is 1.33 bits per heavy atom. The average Bonchev–Trinajstić information content (AvgIpc) is 2.77. The molecule has 0 N–H and O–H groups in total. The molecule has 0 atom stereocenters. The molecule has 0 aliphatic carbocycles. The van der Waals surface area contributed by atoms with E-state index < -0.39 is 0 Å². The van der Waals surface area contributed by atoms with E-state index in [1.807, 2.05) is 36.0 Å². The molecule has 0 saturated carbocycles. The van der Waals surface area contributed by atoms with E-state index in [0.29, 0.717) is 5.88 Å². The molecule has 0 amide bonds. The Kier molecular flexibility index (Phi) is 4.26. The van der Waals surface area contributed by atoms with Crippen LogP contribution in [0.25, 0.3) is 0 Å². The predicted molar refractivity (Wildman–Crippen MR) is 73.3 cm³/mol. The number of aryl methyl sites for hydroxylation is 2. The summed E-state index contributed by atoms with van der Waals surface area (Å²) in [4.78, 5) is 0. The Morgan fingerprint density at radius 2 is 2.17 bits per heavy atom. The second-order valence-electron chi connectivity index (χ2n) is 4.26. The molecule has 0 saturated heterocycles. The lowest BCUT2D eigenvalue weighted by Gasteiger charge is -2.06. The van der Waals surface area contributed by atoms with Crippen molar-refractivity contribution in [1.82, 2.24) is 9.78 Å². The van der Waals surface area contributed by atoms with Crippen molar-refractivity contribution in [3.63, 3.8) is 0 Å². The quantitative estimate of drug-likeness (QED) is 0.759. The molecule has 18 heavy (non-hydrogen) atoms. The molecule has 0 unspecified atom stereocenters. The minimum atomic E-state index is 0.528. The summed E-state index contributed by atoms with van der Waals surface area (Å²) in [5, 5.41) is 4.23. The van der Waals surface area contributed by atoms with Crippen LogP contribution in [0.1, 0.15) is 24.5 Å². The number of ether oxygens (including phenoxy) is 1. The van der Waals surface area contributed by atoms with Crippen molar-refractivity contribution < 1.29 is 4.74 Å². The summed E-state index contributed by atoms with van der Waals surface area (Å²) < 4.78 is 7.64. The van der Waals surface area contributed by atoms with E-state index in [-0.39, 0.29) is 0 Å². The summed E-state index contributed by atoms with van der Waals surface area (Å²) >= 11 is 5.83. The molecule has 2 aromatic rings. The number of hydrogen-bond acceptors (Lipinski definition) is 2. The van der Waals surface area contributed by atoms with E-state index in [4.69, 9.17) is 16.3 Å². The maximum atomic E-state index is 5.83. The topological polar surface area (TPSA) is 27.1 Å². The first-order valence-electron chi connectivity index (χ1n) is 6.08. The molecule has 0 radical (unpaired) electrons. The third-order valence-corrected chi connectivity index (χ3v) is 3.04. The molecule has 2 rings (SSSR count). The van der Waals surface area contributed by atoms with Gasteiger partial charge in [0.1, 0.15) is 5.75 Å². The van der Waals surface area contributed by atoms with Crippen LogP contribution < -0.4 is 4.74 Å². The van der Waals surface area contributed by atoms with Crippen LogP contribution in [0.3, 0.4) is 0 Å². The first kappa shape index (κ1) is 13.0. The van der Waals surface area contributed by atoms with Crippen LogP contribution in [0.2, 0.25) is 0 Å². The standard InChI is InChI=1S/C14H17ClN2O/c1-3-6-17-10-14(9-16-17)18-13-5-4-12(8-15)11(2)7-13/h4-5,7,9-10H,3,6,8H2,1-2H3. The first-order valence-corrected chi connectivity index (χ1v) is 6.62. The van der Waals surface area contributed by atoms with E-state index in [2.05, 4.69) is 12.0 Å². The van der Waals surface area contributed by atoms with Gasteiger partial charge in [-0.3, -0.25) is 4.68 Å². The third kappa shape index (κ3) is 3.05.